The third-order valence-electron chi connectivity index (χ3n) is 4.94. The Labute approximate surface area is 200 Å². The van der Waals surface area contributed by atoms with Crippen molar-refractivity contribution in [1.82, 2.24) is 29.7 Å². The number of carbonyl (C=O) groups excluding carboxylic acids is 1. The molecule has 7 nitrogen and oxygen atoms in total. The summed E-state index contributed by atoms with van der Waals surface area (Å²) in [6, 6.07) is 4.25. The van der Waals surface area contributed by atoms with E-state index in [1.807, 2.05) is 6.92 Å². The van der Waals surface area contributed by atoms with Crippen LogP contribution in [0.1, 0.15) is 34.0 Å². The molecule has 4 heterocycles. The molecule has 1 N–H and O–H groups in total. The summed E-state index contributed by atoms with van der Waals surface area (Å²) in [6.07, 6.45) is -4.21. The summed E-state index contributed by atoms with van der Waals surface area (Å²) >= 11 is 13.6. The molecule has 0 fully saturated rings. The Morgan fingerprint density at radius 2 is 1.97 bits per heavy atom. The number of nitrogens with one attached hydrogen (secondary N) is 1. The van der Waals surface area contributed by atoms with Crippen molar-refractivity contribution in [3.8, 4) is 10.6 Å². The molecule has 0 atom stereocenters. The lowest BCUT2D eigenvalue weighted by Crippen LogP contribution is -2.26. The van der Waals surface area contributed by atoms with Crippen LogP contribution in [-0.2, 0) is 12.7 Å². The minimum Gasteiger partial charge on any atom is -0.351 e. The van der Waals surface area contributed by atoms with E-state index in [-0.39, 0.29) is 28.6 Å². The van der Waals surface area contributed by atoms with E-state index in [0.717, 1.165) is 11.8 Å². The largest absolute Gasteiger partial charge is 0.433 e. The zero-order chi connectivity index (χ0) is 23.9. The molecule has 0 bridgehead atoms. The van der Waals surface area contributed by atoms with Gasteiger partial charge in [-0.05, 0) is 37.8 Å². The minimum atomic E-state index is -4.72. The van der Waals surface area contributed by atoms with Gasteiger partial charge in [0, 0.05) is 13.1 Å². The van der Waals surface area contributed by atoms with E-state index in [1.54, 1.807) is 29.1 Å². The van der Waals surface area contributed by atoms with Crippen LogP contribution < -0.4 is 5.32 Å². The number of carbonyl (C=O) groups is 1. The maximum Gasteiger partial charge on any atom is 0.433 e. The van der Waals surface area contributed by atoms with E-state index in [0.29, 0.717) is 33.1 Å². The van der Waals surface area contributed by atoms with Crippen molar-refractivity contribution in [1.29, 1.82) is 0 Å². The molecule has 4 rings (SSSR count). The van der Waals surface area contributed by atoms with Gasteiger partial charge in [-0.2, -0.15) is 23.4 Å². The summed E-state index contributed by atoms with van der Waals surface area (Å²) in [5.74, 6) is -0.692. The third kappa shape index (κ3) is 4.57. The van der Waals surface area contributed by atoms with Crippen LogP contribution >= 0.6 is 34.5 Å². The molecule has 33 heavy (non-hydrogen) atoms. The Balaban J connectivity index is 1.56. The van der Waals surface area contributed by atoms with E-state index in [4.69, 9.17) is 23.2 Å². The Kier molecular flexibility index (Phi) is 6.39. The highest BCUT2D eigenvalue weighted by molar-refractivity contribution is 7.13. The molecule has 174 valence electrons. The zero-order valence-electron chi connectivity index (χ0n) is 17.4. The quantitative estimate of drug-likeness (QED) is 0.347. The number of amides is 1. The average Bonchev–Trinajstić information content (AvgIpc) is 3.46. The second-order valence-electron chi connectivity index (χ2n) is 7.22. The zero-order valence-corrected chi connectivity index (χ0v) is 19.7. The number of halogens is 5. The number of aromatic nitrogens is 5. The van der Waals surface area contributed by atoms with Crippen molar-refractivity contribution in [3.63, 3.8) is 0 Å². The minimum absolute atomic E-state index is 0.0992. The molecular formula is C20H17Cl2F3N6OS. The molecule has 0 aliphatic rings. The lowest BCUT2D eigenvalue weighted by molar-refractivity contribution is -0.142. The fourth-order valence-corrected chi connectivity index (χ4v) is 4.36. The van der Waals surface area contributed by atoms with Gasteiger partial charge in [-0.25, -0.2) is 9.50 Å². The smallest absolute Gasteiger partial charge is 0.351 e. The molecule has 0 aliphatic heterocycles. The molecule has 4 aromatic rings. The molecule has 0 radical (unpaired) electrons. The van der Waals surface area contributed by atoms with Crippen molar-refractivity contribution in [3.05, 3.63) is 56.4 Å². The van der Waals surface area contributed by atoms with E-state index >= 15 is 0 Å². The number of aryl methyl sites for hydroxylation is 2. The van der Waals surface area contributed by atoms with Crippen molar-refractivity contribution in [2.75, 3.05) is 6.54 Å². The van der Waals surface area contributed by atoms with Crippen molar-refractivity contribution in [2.24, 2.45) is 0 Å². The molecule has 0 aromatic carbocycles. The van der Waals surface area contributed by atoms with Gasteiger partial charge >= 0.3 is 6.18 Å². The van der Waals surface area contributed by atoms with Crippen LogP contribution in [0.2, 0.25) is 10.0 Å². The van der Waals surface area contributed by atoms with Crippen molar-refractivity contribution in [2.45, 2.75) is 33.0 Å². The van der Waals surface area contributed by atoms with Gasteiger partial charge in [-0.1, -0.05) is 29.3 Å². The monoisotopic (exact) mass is 516 g/mol. The fraction of sp³-hybridized carbons (Fsp3) is 0.300. The van der Waals surface area contributed by atoms with Crippen LogP contribution in [0.4, 0.5) is 13.2 Å². The molecule has 0 spiro atoms. The van der Waals surface area contributed by atoms with E-state index < -0.39 is 17.8 Å². The number of nitrogens with zero attached hydrogens (tertiary/aromatic N) is 5. The maximum atomic E-state index is 13.7. The van der Waals surface area contributed by atoms with Crippen molar-refractivity contribution < 1.29 is 18.0 Å². The highest BCUT2D eigenvalue weighted by Gasteiger charge is 2.36. The van der Waals surface area contributed by atoms with Crippen molar-refractivity contribution >= 4 is 46.1 Å². The van der Waals surface area contributed by atoms with Crippen LogP contribution in [0, 0.1) is 13.8 Å². The predicted molar refractivity (Wildman–Crippen MR) is 120 cm³/mol. The first-order valence-corrected chi connectivity index (χ1v) is 11.4. The Morgan fingerprint density at radius 3 is 2.58 bits per heavy atom. The van der Waals surface area contributed by atoms with Gasteiger partial charge < -0.3 is 5.32 Å². The normalized spacial score (nSPS) is 12.0. The molecule has 0 saturated heterocycles. The van der Waals surface area contributed by atoms with Gasteiger partial charge in [0.2, 0.25) is 0 Å². The average molecular weight is 517 g/mol. The van der Waals surface area contributed by atoms with Gasteiger partial charge in [0.05, 0.1) is 27.0 Å². The maximum absolute atomic E-state index is 13.7. The molecule has 0 aliphatic carbocycles. The number of thiophene rings is 1. The molecule has 0 saturated carbocycles. The lowest BCUT2D eigenvalue weighted by Gasteiger charge is -2.10. The molecule has 4 aromatic heterocycles. The number of fused-ring (bicyclic) bond motifs is 1. The first-order valence-electron chi connectivity index (χ1n) is 9.76. The lowest BCUT2D eigenvalue weighted by atomic mass is 10.2. The second-order valence-corrected chi connectivity index (χ2v) is 8.92. The molecule has 13 heteroatoms. The molecular weight excluding hydrogens is 500 g/mol. The predicted octanol–water partition coefficient (Wildman–Crippen LogP) is 5.42. The van der Waals surface area contributed by atoms with Gasteiger partial charge in [0.15, 0.2) is 17.0 Å². The number of alkyl halides is 3. The Morgan fingerprint density at radius 1 is 1.21 bits per heavy atom. The summed E-state index contributed by atoms with van der Waals surface area (Å²) in [7, 11) is 0. The summed E-state index contributed by atoms with van der Waals surface area (Å²) in [6.45, 7) is 4.38. The van der Waals surface area contributed by atoms with Crippen LogP contribution in [0.5, 0.6) is 0 Å². The Hall–Kier alpha value is -2.63. The number of hydrogen-bond donors (Lipinski definition) is 1. The van der Waals surface area contributed by atoms with E-state index in [9.17, 15) is 18.0 Å². The van der Waals surface area contributed by atoms with Crippen LogP contribution in [0.25, 0.3) is 16.2 Å². The van der Waals surface area contributed by atoms with Gasteiger partial charge in [-0.3, -0.25) is 9.48 Å². The SMILES string of the molecule is Cc1nn(CCCNC(=O)c2nn3c(C(F)(F)F)cc(-c4cccs4)nc3c2Cl)c(C)c1Cl. The summed E-state index contributed by atoms with van der Waals surface area (Å²) in [4.78, 5) is 17.4. The number of rotatable bonds is 6. The summed E-state index contributed by atoms with van der Waals surface area (Å²) in [5.41, 5.74) is -0.00868. The van der Waals surface area contributed by atoms with Gasteiger partial charge in [0.1, 0.15) is 5.02 Å². The Bertz CT molecular complexity index is 1330. The van der Waals surface area contributed by atoms with Crippen LogP contribution in [0.3, 0.4) is 0 Å². The number of hydrogen-bond acceptors (Lipinski definition) is 5. The highest BCUT2D eigenvalue weighted by atomic mass is 35.5. The van der Waals surface area contributed by atoms with E-state index in [2.05, 4.69) is 20.5 Å². The second kappa shape index (κ2) is 8.96. The van der Waals surface area contributed by atoms with Crippen LogP contribution in [-0.4, -0.2) is 36.8 Å². The summed E-state index contributed by atoms with van der Waals surface area (Å²) < 4.78 is 43.4. The van der Waals surface area contributed by atoms with Crippen LogP contribution in [0.15, 0.2) is 23.6 Å². The standard InChI is InChI=1S/C20H17Cl2F3N6OS/c1-10-15(21)11(2)30(28-10)7-4-6-26-19(32)17-16(22)18-27-12(13-5-3-8-33-13)9-14(20(23,24)25)31(18)29-17/h3,5,8-9H,4,6-7H2,1-2H3,(H,26,32). The van der Waals surface area contributed by atoms with E-state index in [1.165, 1.54) is 11.3 Å². The molecule has 0 unspecified atom stereocenters. The first-order chi connectivity index (χ1) is 15.6. The van der Waals surface area contributed by atoms with Gasteiger partial charge in [0.25, 0.3) is 5.91 Å². The first kappa shape index (κ1) is 23.5. The summed E-state index contributed by atoms with van der Waals surface area (Å²) in [5, 5.41) is 12.8. The topological polar surface area (TPSA) is 77.1 Å². The highest BCUT2D eigenvalue weighted by Crippen LogP contribution is 2.35. The third-order valence-corrected chi connectivity index (χ3v) is 6.72. The van der Waals surface area contributed by atoms with Gasteiger partial charge in [-0.15, -0.1) is 11.3 Å². The molecule has 1 amide bonds. The fourth-order valence-electron chi connectivity index (χ4n) is 3.30.